The fourth-order valence-electron chi connectivity index (χ4n) is 3.54. The van der Waals surface area contributed by atoms with Gasteiger partial charge in [-0.25, -0.2) is 0 Å². The van der Waals surface area contributed by atoms with Crippen LogP contribution in [0.2, 0.25) is 0 Å². The summed E-state index contributed by atoms with van der Waals surface area (Å²) in [5.41, 5.74) is 0.155. The lowest BCUT2D eigenvalue weighted by molar-refractivity contribution is -0.297. The van der Waals surface area contributed by atoms with Gasteiger partial charge in [-0.3, -0.25) is 0 Å². The number of aliphatic hydroxyl groups is 1. The van der Waals surface area contributed by atoms with Crippen LogP contribution in [0.4, 0.5) is 0 Å². The van der Waals surface area contributed by atoms with E-state index in [1.807, 2.05) is 0 Å². The zero-order chi connectivity index (χ0) is 11.4. The van der Waals surface area contributed by atoms with Crippen molar-refractivity contribution in [2.45, 2.75) is 51.4 Å². The van der Waals surface area contributed by atoms with Gasteiger partial charge in [0.25, 0.3) is 0 Å². The van der Waals surface area contributed by atoms with Crippen molar-refractivity contribution in [3.05, 3.63) is 0 Å². The lowest BCUT2D eigenvalue weighted by Crippen LogP contribution is -2.46. The number of aliphatic hydroxyl groups excluding tert-OH is 1. The molecule has 0 unspecified atom stereocenters. The molecule has 0 radical (unpaired) electrons. The van der Waals surface area contributed by atoms with Crippen LogP contribution in [0.5, 0.6) is 0 Å². The van der Waals surface area contributed by atoms with Crippen molar-refractivity contribution in [2.24, 2.45) is 17.3 Å². The predicted octanol–water partition coefficient (Wildman–Crippen LogP) is 1.94. The highest BCUT2D eigenvalue weighted by Crippen LogP contribution is 2.52. The predicted molar refractivity (Wildman–Crippen MR) is 59.9 cm³/mol. The van der Waals surface area contributed by atoms with Crippen molar-refractivity contribution < 1.29 is 14.6 Å². The molecule has 0 bridgehead atoms. The molecule has 0 aromatic carbocycles. The van der Waals surface area contributed by atoms with Gasteiger partial charge < -0.3 is 14.6 Å². The van der Waals surface area contributed by atoms with Crippen molar-refractivity contribution in [2.75, 3.05) is 13.2 Å². The van der Waals surface area contributed by atoms with E-state index >= 15 is 0 Å². The number of ether oxygens (including phenoxy) is 2. The van der Waals surface area contributed by atoms with Crippen LogP contribution >= 0.6 is 0 Å². The Labute approximate surface area is 97.1 Å². The molecule has 2 aliphatic carbocycles. The molecular formula is C13H22O3. The Bertz CT molecular complexity index is 261. The van der Waals surface area contributed by atoms with E-state index < -0.39 is 0 Å². The maximum absolute atomic E-state index is 9.62. The van der Waals surface area contributed by atoms with Gasteiger partial charge in [0.05, 0.1) is 19.3 Å². The minimum Gasteiger partial charge on any atom is -0.393 e. The molecule has 0 aromatic heterocycles. The molecule has 0 amide bonds. The van der Waals surface area contributed by atoms with E-state index in [9.17, 15) is 5.11 Å². The Morgan fingerprint density at radius 2 is 1.50 bits per heavy atom. The summed E-state index contributed by atoms with van der Waals surface area (Å²) >= 11 is 0. The van der Waals surface area contributed by atoms with Crippen molar-refractivity contribution in [3.63, 3.8) is 0 Å². The molecule has 1 spiro atoms. The Kier molecular flexibility index (Phi) is 2.36. The molecule has 3 heteroatoms. The lowest BCUT2D eigenvalue weighted by atomic mass is 9.94. The van der Waals surface area contributed by atoms with E-state index in [0.29, 0.717) is 11.8 Å². The van der Waals surface area contributed by atoms with Crippen LogP contribution < -0.4 is 0 Å². The molecule has 3 nitrogen and oxygen atoms in total. The van der Waals surface area contributed by atoms with Gasteiger partial charge in [0.2, 0.25) is 0 Å². The maximum Gasteiger partial charge on any atom is 0.168 e. The second-order valence-electron chi connectivity index (χ2n) is 6.71. The zero-order valence-corrected chi connectivity index (χ0v) is 10.2. The van der Waals surface area contributed by atoms with Gasteiger partial charge in [-0.05, 0) is 24.7 Å². The summed E-state index contributed by atoms with van der Waals surface area (Å²) in [5, 5.41) is 9.62. The van der Waals surface area contributed by atoms with Gasteiger partial charge in [-0.2, -0.15) is 0 Å². The first-order valence-electron chi connectivity index (χ1n) is 6.44. The fourth-order valence-corrected chi connectivity index (χ4v) is 3.54. The summed E-state index contributed by atoms with van der Waals surface area (Å²) in [4.78, 5) is 0. The van der Waals surface area contributed by atoms with Crippen LogP contribution in [0.15, 0.2) is 0 Å². The molecule has 92 valence electrons. The minimum atomic E-state index is -0.301. The largest absolute Gasteiger partial charge is 0.393 e. The summed E-state index contributed by atoms with van der Waals surface area (Å²) in [6, 6.07) is 0. The van der Waals surface area contributed by atoms with Crippen LogP contribution in [0, 0.1) is 17.3 Å². The van der Waals surface area contributed by atoms with Crippen LogP contribution in [-0.4, -0.2) is 30.2 Å². The zero-order valence-electron chi connectivity index (χ0n) is 10.2. The third kappa shape index (κ3) is 1.79. The normalized spacial score (nSPS) is 41.4. The molecule has 2 atom stereocenters. The third-order valence-electron chi connectivity index (χ3n) is 4.41. The Balaban J connectivity index is 1.66. The molecule has 1 N–H and O–H groups in total. The highest BCUT2D eigenvalue weighted by Gasteiger charge is 2.53. The summed E-state index contributed by atoms with van der Waals surface area (Å²) in [6.07, 6.45) is 3.80. The van der Waals surface area contributed by atoms with Gasteiger partial charge in [-0.15, -0.1) is 0 Å². The SMILES string of the molecule is CC1(C)COC2(C[C@H]3CC(O)C[C@@H]3C2)OC1. The smallest absolute Gasteiger partial charge is 0.168 e. The molecule has 1 saturated heterocycles. The number of hydrogen-bond acceptors (Lipinski definition) is 3. The van der Waals surface area contributed by atoms with Crippen molar-refractivity contribution in [3.8, 4) is 0 Å². The van der Waals surface area contributed by atoms with E-state index in [2.05, 4.69) is 13.8 Å². The summed E-state index contributed by atoms with van der Waals surface area (Å²) in [5.74, 6) is 0.942. The monoisotopic (exact) mass is 226 g/mol. The first-order valence-corrected chi connectivity index (χ1v) is 6.44. The quantitative estimate of drug-likeness (QED) is 0.686. The third-order valence-corrected chi connectivity index (χ3v) is 4.41. The van der Waals surface area contributed by atoms with E-state index in [1.54, 1.807) is 0 Å². The van der Waals surface area contributed by atoms with E-state index in [0.717, 1.165) is 38.9 Å². The Morgan fingerprint density at radius 3 is 2.00 bits per heavy atom. The van der Waals surface area contributed by atoms with E-state index in [4.69, 9.17) is 9.47 Å². The summed E-state index contributed by atoms with van der Waals surface area (Å²) in [6.45, 7) is 5.96. The van der Waals surface area contributed by atoms with Gasteiger partial charge in [0.1, 0.15) is 0 Å². The van der Waals surface area contributed by atoms with E-state index in [1.165, 1.54) is 0 Å². The fraction of sp³-hybridized carbons (Fsp3) is 1.00. The molecule has 3 rings (SSSR count). The molecule has 2 saturated carbocycles. The van der Waals surface area contributed by atoms with E-state index in [-0.39, 0.29) is 17.3 Å². The van der Waals surface area contributed by atoms with Crippen LogP contribution in [-0.2, 0) is 9.47 Å². The first kappa shape index (κ1) is 11.0. The van der Waals surface area contributed by atoms with Gasteiger partial charge >= 0.3 is 0 Å². The minimum absolute atomic E-state index is 0.0765. The first-order chi connectivity index (χ1) is 7.48. The van der Waals surface area contributed by atoms with Crippen molar-refractivity contribution >= 4 is 0 Å². The van der Waals surface area contributed by atoms with Gasteiger partial charge in [-0.1, -0.05) is 13.8 Å². The highest BCUT2D eigenvalue weighted by molar-refractivity contribution is 4.98. The Hall–Kier alpha value is -0.120. The molecule has 3 fully saturated rings. The lowest BCUT2D eigenvalue weighted by Gasteiger charge is -2.42. The highest BCUT2D eigenvalue weighted by atomic mass is 16.7. The molecule has 1 heterocycles. The van der Waals surface area contributed by atoms with Crippen LogP contribution in [0.25, 0.3) is 0 Å². The summed E-state index contributed by atoms with van der Waals surface area (Å²) in [7, 11) is 0. The number of hydrogen-bond donors (Lipinski definition) is 1. The van der Waals surface area contributed by atoms with Gasteiger partial charge in [0.15, 0.2) is 5.79 Å². The average molecular weight is 226 g/mol. The number of rotatable bonds is 0. The Morgan fingerprint density at radius 1 is 1.00 bits per heavy atom. The standard InChI is InChI=1S/C13H22O3/c1-12(2)7-15-13(16-8-12)5-9-3-11(14)4-10(9)6-13/h9-11,14H,3-8H2,1-2H3/t9-,10-/m1/s1. The van der Waals surface area contributed by atoms with Crippen molar-refractivity contribution in [1.82, 2.24) is 0 Å². The van der Waals surface area contributed by atoms with Crippen molar-refractivity contribution in [1.29, 1.82) is 0 Å². The second kappa shape index (κ2) is 3.44. The second-order valence-corrected chi connectivity index (χ2v) is 6.71. The molecular weight excluding hydrogens is 204 g/mol. The average Bonchev–Trinajstić information content (AvgIpc) is 2.66. The molecule has 1 aliphatic heterocycles. The molecule has 0 aromatic rings. The van der Waals surface area contributed by atoms with Gasteiger partial charge in [0, 0.05) is 18.3 Å². The number of fused-ring (bicyclic) bond motifs is 1. The van der Waals surface area contributed by atoms with Crippen LogP contribution in [0.3, 0.4) is 0 Å². The molecule has 3 aliphatic rings. The topological polar surface area (TPSA) is 38.7 Å². The van der Waals surface area contributed by atoms with Crippen LogP contribution in [0.1, 0.15) is 39.5 Å². The summed E-state index contributed by atoms with van der Waals surface area (Å²) < 4.78 is 12.0. The maximum atomic E-state index is 9.62. The molecule has 16 heavy (non-hydrogen) atoms.